The number of piperidine rings is 1. The molecule has 3 aromatic rings. The smallest absolute Gasteiger partial charge is 0.0900 e. The highest BCUT2D eigenvalue weighted by molar-refractivity contribution is 5.84. The zero-order valence-electron chi connectivity index (χ0n) is 20.7. The molecule has 0 radical (unpaired) electrons. The fourth-order valence-electron chi connectivity index (χ4n) is 4.93. The molecule has 1 fully saturated rings. The largest absolute Gasteiger partial charge is 0.352 e. The molecule has 0 atom stereocenters. The monoisotopic (exact) mass is 474 g/mol. The van der Waals surface area contributed by atoms with Crippen molar-refractivity contribution in [1.82, 2.24) is 19.4 Å². The van der Waals surface area contributed by atoms with Crippen LogP contribution in [0.2, 0.25) is 0 Å². The van der Waals surface area contributed by atoms with Gasteiger partial charge in [0, 0.05) is 11.9 Å². The summed E-state index contributed by atoms with van der Waals surface area (Å²) >= 11 is 0. The molecule has 1 saturated heterocycles. The summed E-state index contributed by atoms with van der Waals surface area (Å²) in [5, 5.41) is 4.52. The Bertz CT molecular complexity index is 1530. The summed E-state index contributed by atoms with van der Waals surface area (Å²) in [6.07, 6.45) is 5.75. The van der Waals surface area contributed by atoms with Gasteiger partial charge in [0.1, 0.15) is 0 Å². The van der Waals surface area contributed by atoms with Crippen LogP contribution in [0.25, 0.3) is 28.1 Å². The van der Waals surface area contributed by atoms with E-state index in [-0.39, 0.29) is 0 Å². The van der Waals surface area contributed by atoms with Crippen LogP contribution in [0, 0.1) is 6.92 Å². The lowest BCUT2D eigenvalue weighted by atomic mass is 10.1. The minimum atomic E-state index is 0.300. The number of rotatable bonds is 4. The first-order valence-electron chi connectivity index (χ1n) is 12.6. The normalized spacial score (nSPS) is 15.6. The van der Waals surface area contributed by atoms with Gasteiger partial charge < -0.3 is 14.8 Å². The van der Waals surface area contributed by atoms with Crippen molar-refractivity contribution < 1.29 is 0 Å². The van der Waals surface area contributed by atoms with Gasteiger partial charge in [0.25, 0.3) is 0 Å². The number of hydrogen-bond acceptors (Lipinski definition) is 5. The van der Waals surface area contributed by atoms with Crippen LogP contribution < -0.4 is 10.7 Å². The fraction of sp³-hybridized carbons (Fsp3) is 0.233. The number of nitrogens with zero attached hydrogens (tertiary/aromatic N) is 5. The van der Waals surface area contributed by atoms with Crippen LogP contribution in [0.3, 0.4) is 0 Å². The number of pyridine rings is 1. The topological polar surface area (TPSA) is 58.3 Å². The predicted molar refractivity (Wildman–Crippen MR) is 146 cm³/mol. The standard InChI is InChI=1S/C30H30N6/c1-21-9-11-24(12-10-21)36-29-8-4-3-7-25(29)34-28-18-26(33-23-6-5-15-31-20-23)27(19-30(28)36)32-22-13-16-35(2)17-14-22/h3-12,15,18-20,22,33H,13-14,16-17H2,1-2H3. The van der Waals surface area contributed by atoms with Crippen LogP contribution in [0.15, 0.2) is 90.2 Å². The molecule has 1 aliphatic carbocycles. The van der Waals surface area contributed by atoms with Crippen molar-refractivity contribution in [1.29, 1.82) is 0 Å². The number of aryl methyl sites for hydroxylation is 1. The van der Waals surface area contributed by atoms with Crippen LogP contribution in [-0.2, 0) is 0 Å². The number of nitrogens with one attached hydrogen (secondary N) is 1. The van der Waals surface area contributed by atoms with E-state index in [1.165, 1.54) is 5.56 Å². The maximum Gasteiger partial charge on any atom is 0.0900 e. The van der Waals surface area contributed by atoms with Crippen molar-refractivity contribution in [2.75, 3.05) is 25.5 Å². The Morgan fingerprint density at radius 2 is 1.75 bits per heavy atom. The van der Waals surface area contributed by atoms with E-state index in [0.29, 0.717) is 6.04 Å². The molecule has 0 bridgehead atoms. The molecule has 6 rings (SSSR count). The average molecular weight is 475 g/mol. The van der Waals surface area contributed by atoms with Crippen LogP contribution in [0.4, 0.5) is 11.4 Å². The van der Waals surface area contributed by atoms with Gasteiger partial charge >= 0.3 is 0 Å². The second-order valence-electron chi connectivity index (χ2n) is 9.66. The van der Waals surface area contributed by atoms with E-state index >= 15 is 0 Å². The van der Waals surface area contributed by atoms with Gasteiger partial charge in [-0.3, -0.25) is 9.98 Å². The number of hydrogen-bond donors (Lipinski definition) is 1. The van der Waals surface area contributed by atoms with Crippen molar-refractivity contribution in [3.05, 3.63) is 96.1 Å². The van der Waals surface area contributed by atoms with Gasteiger partial charge in [-0.2, -0.15) is 0 Å². The Balaban J connectivity index is 1.60. The van der Waals surface area contributed by atoms with Crippen molar-refractivity contribution in [2.45, 2.75) is 25.8 Å². The third-order valence-corrected chi connectivity index (χ3v) is 6.94. The SMILES string of the molecule is Cc1ccc(-n2c3cc(=NC4CCN(C)CC4)c(Nc4cccnc4)cc-3nc3ccccc32)cc1. The molecule has 6 heteroatoms. The Labute approximate surface area is 211 Å². The number of anilines is 2. The van der Waals surface area contributed by atoms with Crippen LogP contribution >= 0.6 is 0 Å². The molecule has 3 heterocycles. The van der Waals surface area contributed by atoms with Gasteiger partial charge in [0.05, 0.1) is 51.4 Å². The third-order valence-electron chi connectivity index (χ3n) is 6.94. The molecule has 180 valence electrons. The summed E-state index contributed by atoms with van der Waals surface area (Å²) in [7, 11) is 2.18. The quantitative estimate of drug-likeness (QED) is 0.346. The minimum absolute atomic E-state index is 0.300. The summed E-state index contributed by atoms with van der Waals surface area (Å²) in [5.41, 5.74) is 8.23. The third kappa shape index (κ3) is 4.48. The fourth-order valence-corrected chi connectivity index (χ4v) is 4.93. The molecule has 2 aromatic carbocycles. The van der Waals surface area contributed by atoms with E-state index in [4.69, 9.17) is 9.98 Å². The lowest BCUT2D eigenvalue weighted by Gasteiger charge is -2.26. The highest BCUT2D eigenvalue weighted by Crippen LogP contribution is 2.30. The van der Waals surface area contributed by atoms with Gasteiger partial charge in [-0.25, -0.2) is 4.98 Å². The Morgan fingerprint density at radius 3 is 2.53 bits per heavy atom. The molecule has 36 heavy (non-hydrogen) atoms. The van der Waals surface area contributed by atoms with Gasteiger partial charge in [-0.05, 0) is 88.4 Å². The molecule has 0 amide bonds. The highest BCUT2D eigenvalue weighted by Gasteiger charge is 2.19. The van der Waals surface area contributed by atoms with Crippen molar-refractivity contribution >= 4 is 22.4 Å². The zero-order valence-corrected chi connectivity index (χ0v) is 20.7. The summed E-state index contributed by atoms with van der Waals surface area (Å²) < 4.78 is 2.30. The van der Waals surface area contributed by atoms with Crippen molar-refractivity contribution in [3.63, 3.8) is 0 Å². The maximum absolute atomic E-state index is 5.28. The number of benzene rings is 3. The van der Waals surface area contributed by atoms with Gasteiger partial charge in [0.15, 0.2) is 0 Å². The molecule has 2 aliphatic heterocycles. The first-order chi connectivity index (χ1) is 17.6. The second-order valence-corrected chi connectivity index (χ2v) is 9.66. The summed E-state index contributed by atoms with van der Waals surface area (Å²) in [4.78, 5) is 17.0. The molecule has 0 unspecified atom stereocenters. The predicted octanol–water partition coefficient (Wildman–Crippen LogP) is 5.57. The first-order valence-corrected chi connectivity index (χ1v) is 12.6. The highest BCUT2D eigenvalue weighted by atomic mass is 15.1. The number of aromatic nitrogens is 3. The van der Waals surface area contributed by atoms with E-state index in [1.54, 1.807) is 6.20 Å². The Morgan fingerprint density at radius 1 is 0.944 bits per heavy atom. The lowest BCUT2D eigenvalue weighted by molar-refractivity contribution is 0.255. The molecule has 0 saturated carbocycles. The Hall–Kier alpha value is -4.03. The lowest BCUT2D eigenvalue weighted by Crippen LogP contribution is -2.33. The summed E-state index contributed by atoms with van der Waals surface area (Å²) in [6, 6.07) is 25.6. The van der Waals surface area contributed by atoms with Gasteiger partial charge in [-0.15, -0.1) is 0 Å². The van der Waals surface area contributed by atoms with E-state index in [0.717, 1.165) is 70.8 Å². The molecular weight excluding hydrogens is 444 g/mol. The second kappa shape index (κ2) is 9.55. The molecule has 6 nitrogen and oxygen atoms in total. The molecule has 1 aromatic heterocycles. The van der Waals surface area contributed by atoms with E-state index in [2.05, 4.69) is 88.3 Å². The van der Waals surface area contributed by atoms with E-state index in [1.807, 2.05) is 24.4 Å². The van der Waals surface area contributed by atoms with Crippen LogP contribution in [0.5, 0.6) is 0 Å². The molecule has 0 spiro atoms. The number of fused-ring (bicyclic) bond motifs is 2. The molecular formula is C30H30N6. The van der Waals surface area contributed by atoms with Gasteiger partial charge in [-0.1, -0.05) is 29.8 Å². The number of para-hydroxylation sites is 2. The minimum Gasteiger partial charge on any atom is -0.352 e. The molecule has 3 aliphatic rings. The Kier molecular flexibility index (Phi) is 5.95. The van der Waals surface area contributed by atoms with Crippen molar-refractivity contribution in [2.24, 2.45) is 4.99 Å². The van der Waals surface area contributed by atoms with Crippen molar-refractivity contribution in [3.8, 4) is 17.1 Å². The summed E-state index contributed by atoms with van der Waals surface area (Å²) in [5.74, 6) is 0. The van der Waals surface area contributed by atoms with E-state index < -0.39 is 0 Å². The molecule has 1 N–H and O–H groups in total. The van der Waals surface area contributed by atoms with Crippen LogP contribution in [-0.4, -0.2) is 45.6 Å². The van der Waals surface area contributed by atoms with Gasteiger partial charge in [0.2, 0.25) is 0 Å². The zero-order chi connectivity index (χ0) is 24.5. The maximum atomic E-state index is 5.28. The van der Waals surface area contributed by atoms with Crippen LogP contribution in [0.1, 0.15) is 18.4 Å². The number of likely N-dealkylation sites (tertiary alicyclic amines) is 1. The first kappa shape index (κ1) is 22.4. The summed E-state index contributed by atoms with van der Waals surface area (Å²) in [6.45, 7) is 4.26. The average Bonchev–Trinajstić information content (AvgIpc) is 2.90. The van der Waals surface area contributed by atoms with E-state index in [9.17, 15) is 0 Å².